The number of hydrogen-bond acceptors (Lipinski definition) is 3. The zero-order valence-electron chi connectivity index (χ0n) is 9.66. The van der Waals surface area contributed by atoms with Gasteiger partial charge < -0.3 is 9.52 Å². The van der Waals surface area contributed by atoms with Crippen LogP contribution in [0.4, 0.5) is 0 Å². The molecule has 16 heavy (non-hydrogen) atoms. The molecule has 0 radical (unpaired) electrons. The molecule has 1 aromatic heterocycles. The lowest BCUT2D eigenvalue weighted by molar-refractivity contribution is -0.140. The minimum atomic E-state index is -0.836. The summed E-state index contributed by atoms with van der Waals surface area (Å²) in [6.45, 7) is 6.41. The Morgan fingerprint density at radius 1 is 1.56 bits per heavy atom. The maximum atomic E-state index is 10.8. The number of carboxylic acids is 1. The van der Waals surface area contributed by atoms with E-state index >= 15 is 0 Å². The van der Waals surface area contributed by atoms with E-state index < -0.39 is 5.97 Å². The Kier molecular flexibility index (Phi) is 4.15. The molecule has 1 rings (SSSR count). The van der Waals surface area contributed by atoms with E-state index in [4.69, 9.17) is 9.52 Å². The summed E-state index contributed by atoms with van der Waals surface area (Å²) >= 11 is 3.36. The monoisotopic (exact) mass is 289 g/mol. The average Bonchev–Trinajstić information content (AvgIpc) is 2.48. The Balaban J connectivity index is 2.79. The lowest BCUT2D eigenvalue weighted by Gasteiger charge is -2.33. The summed E-state index contributed by atoms with van der Waals surface area (Å²) in [5.74, 6) is -0.0891. The van der Waals surface area contributed by atoms with Gasteiger partial charge in [0.25, 0.3) is 0 Å². The minimum Gasteiger partial charge on any atom is -0.480 e. The molecule has 0 spiro atoms. The Morgan fingerprint density at radius 3 is 2.56 bits per heavy atom. The number of nitrogens with zero attached hydrogens (tertiary/aromatic N) is 1. The lowest BCUT2D eigenvalue weighted by Crippen LogP contribution is -2.43. The summed E-state index contributed by atoms with van der Waals surface area (Å²) in [6, 6.07) is 1.80. The van der Waals surface area contributed by atoms with E-state index in [9.17, 15) is 4.79 Å². The van der Waals surface area contributed by atoms with E-state index in [0.29, 0.717) is 6.54 Å². The third kappa shape index (κ3) is 3.64. The van der Waals surface area contributed by atoms with Crippen LogP contribution in [0.2, 0.25) is 0 Å². The van der Waals surface area contributed by atoms with Gasteiger partial charge in [-0.3, -0.25) is 9.69 Å². The van der Waals surface area contributed by atoms with Crippen molar-refractivity contribution < 1.29 is 14.3 Å². The molecule has 90 valence electrons. The lowest BCUT2D eigenvalue weighted by atomic mass is 10.1. The zero-order valence-corrected chi connectivity index (χ0v) is 11.2. The molecule has 5 heteroatoms. The van der Waals surface area contributed by atoms with Gasteiger partial charge in [0.1, 0.15) is 5.76 Å². The first-order chi connectivity index (χ1) is 7.30. The number of rotatable bonds is 4. The molecule has 4 nitrogen and oxygen atoms in total. The first-order valence-corrected chi connectivity index (χ1v) is 5.78. The summed E-state index contributed by atoms with van der Waals surface area (Å²) in [7, 11) is 0. The smallest absolute Gasteiger partial charge is 0.317 e. The number of carbonyl (C=O) groups is 1. The van der Waals surface area contributed by atoms with Crippen LogP contribution in [0.25, 0.3) is 0 Å². The van der Waals surface area contributed by atoms with Gasteiger partial charge in [-0.25, -0.2) is 0 Å². The largest absolute Gasteiger partial charge is 0.480 e. The molecule has 0 unspecified atom stereocenters. The molecule has 0 aliphatic carbocycles. The second-order valence-corrected chi connectivity index (χ2v) is 5.47. The van der Waals surface area contributed by atoms with Gasteiger partial charge >= 0.3 is 5.97 Å². The Bertz CT molecular complexity index is 368. The molecule has 0 saturated heterocycles. The molecule has 0 fully saturated rings. The van der Waals surface area contributed by atoms with E-state index in [1.807, 2.05) is 25.7 Å². The highest BCUT2D eigenvalue weighted by Gasteiger charge is 2.25. The molecule has 0 amide bonds. The van der Waals surface area contributed by atoms with E-state index in [2.05, 4.69) is 15.9 Å². The van der Waals surface area contributed by atoms with Crippen molar-refractivity contribution in [2.24, 2.45) is 0 Å². The van der Waals surface area contributed by atoms with Gasteiger partial charge in [0.05, 0.1) is 23.8 Å². The van der Waals surface area contributed by atoms with Crippen molar-refractivity contribution in [3.05, 3.63) is 22.6 Å². The fraction of sp³-hybridized carbons (Fsp3) is 0.545. The molecule has 0 aromatic carbocycles. The second-order valence-electron chi connectivity index (χ2n) is 4.61. The van der Waals surface area contributed by atoms with Gasteiger partial charge in [-0.05, 0) is 42.8 Å². The molecular formula is C11H16BrNO3. The number of furan rings is 1. The Morgan fingerprint density at radius 2 is 2.19 bits per heavy atom. The van der Waals surface area contributed by atoms with Gasteiger partial charge in [0, 0.05) is 5.54 Å². The van der Waals surface area contributed by atoms with Crippen molar-refractivity contribution in [2.75, 3.05) is 6.54 Å². The standard InChI is InChI=1S/C11H16BrNO3/c1-11(2,3)13(7-10(14)15)6-9-8(12)4-5-16-9/h4-5H,6-7H2,1-3H3,(H,14,15). The van der Waals surface area contributed by atoms with E-state index in [-0.39, 0.29) is 12.1 Å². The normalized spacial score (nSPS) is 12.1. The van der Waals surface area contributed by atoms with Crippen LogP contribution in [0.15, 0.2) is 21.2 Å². The van der Waals surface area contributed by atoms with Crippen LogP contribution in [0, 0.1) is 0 Å². The minimum absolute atomic E-state index is 0.00333. The fourth-order valence-electron chi connectivity index (χ4n) is 1.30. The summed E-state index contributed by atoms with van der Waals surface area (Å²) in [5.41, 5.74) is -0.218. The van der Waals surface area contributed by atoms with Crippen molar-refractivity contribution in [3.8, 4) is 0 Å². The van der Waals surface area contributed by atoms with Crippen LogP contribution >= 0.6 is 15.9 Å². The number of carboxylic acid groups (broad SMARTS) is 1. The van der Waals surface area contributed by atoms with Crippen molar-refractivity contribution in [1.29, 1.82) is 0 Å². The second kappa shape index (κ2) is 5.01. The third-order valence-electron chi connectivity index (χ3n) is 2.30. The average molecular weight is 290 g/mol. The summed E-state index contributed by atoms with van der Waals surface area (Å²) in [6.07, 6.45) is 1.58. The topological polar surface area (TPSA) is 53.7 Å². The zero-order chi connectivity index (χ0) is 12.3. The molecule has 0 aliphatic rings. The van der Waals surface area contributed by atoms with Crippen molar-refractivity contribution in [1.82, 2.24) is 4.90 Å². The van der Waals surface area contributed by atoms with Crippen LogP contribution in [0.5, 0.6) is 0 Å². The van der Waals surface area contributed by atoms with E-state index in [1.165, 1.54) is 0 Å². The number of hydrogen-bond donors (Lipinski definition) is 1. The maximum absolute atomic E-state index is 10.8. The molecule has 1 N–H and O–H groups in total. The van der Waals surface area contributed by atoms with E-state index in [1.54, 1.807) is 12.3 Å². The molecule has 1 heterocycles. The molecule has 0 saturated carbocycles. The third-order valence-corrected chi connectivity index (χ3v) is 3.01. The van der Waals surface area contributed by atoms with E-state index in [0.717, 1.165) is 10.2 Å². The molecule has 0 atom stereocenters. The predicted octanol–water partition coefficient (Wildman–Crippen LogP) is 2.73. The summed E-state index contributed by atoms with van der Waals surface area (Å²) in [5, 5.41) is 8.86. The highest BCUT2D eigenvalue weighted by atomic mass is 79.9. The van der Waals surface area contributed by atoms with Gasteiger partial charge in [-0.2, -0.15) is 0 Å². The first kappa shape index (κ1) is 13.3. The van der Waals surface area contributed by atoms with Crippen LogP contribution in [-0.4, -0.2) is 28.1 Å². The molecule has 0 aliphatic heterocycles. The SMILES string of the molecule is CC(C)(C)N(CC(=O)O)Cc1occc1Br. The maximum Gasteiger partial charge on any atom is 0.317 e. The van der Waals surface area contributed by atoms with Crippen molar-refractivity contribution in [2.45, 2.75) is 32.9 Å². The first-order valence-electron chi connectivity index (χ1n) is 4.99. The van der Waals surface area contributed by atoms with Crippen LogP contribution in [0.3, 0.4) is 0 Å². The van der Waals surface area contributed by atoms with Crippen LogP contribution < -0.4 is 0 Å². The van der Waals surface area contributed by atoms with Crippen LogP contribution in [-0.2, 0) is 11.3 Å². The quantitative estimate of drug-likeness (QED) is 0.926. The van der Waals surface area contributed by atoms with Crippen molar-refractivity contribution in [3.63, 3.8) is 0 Å². The molecular weight excluding hydrogens is 274 g/mol. The highest BCUT2D eigenvalue weighted by Crippen LogP contribution is 2.23. The van der Waals surface area contributed by atoms with Gasteiger partial charge in [0.2, 0.25) is 0 Å². The number of aliphatic carboxylic acids is 1. The van der Waals surface area contributed by atoms with Gasteiger partial charge in [-0.1, -0.05) is 0 Å². The summed E-state index contributed by atoms with van der Waals surface area (Å²) in [4.78, 5) is 12.6. The fourth-order valence-corrected chi connectivity index (χ4v) is 1.63. The molecule has 1 aromatic rings. The predicted molar refractivity (Wildman–Crippen MR) is 64.2 cm³/mol. The summed E-state index contributed by atoms with van der Waals surface area (Å²) < 4.78 is 6.16. The number of halogens is 1. The molecule has 0 bridgehead atoms. The highest BCUT2D eigenvalue weighted by molar-refractivity contribution is 9.10. The van der Waals surface area contributed by atoms with Gasteiger partial charge in [0.15, 0.2) is 0 Å². The van der Waals surface area contributed by atoms with Gasteiger partial charge in [-0.15, -0.1) is 0 Å². The Hall–Kier alpha value is -0.810. The van der Waals surface area contributed by atoms with Crippen LogP contribution in [0.1, 0.15) is 26.5 Å². The Labute approximate surface area is 103 Å². The van der Waals surface area contributed by atoms with Crippen molar-refractivity contribution >= 4 is 21.9 Å².